The fourth-order valence-electron chi connectivity index (χ4n) is 5.37. The highest BCUT2D eigenvalue weighted by atomic mass is 16.2. The Kier molecular flexibility index (Phi) is 7.51. The Morgan fingerprint density at radius 3 is 2.46 bits per heavy atom. The van der Waals surface area contributed by atoms with E-state index in [1.54, 1.807) is 27.4 Å². The minimum absolute atomic E-state index is 0.0673. The van der Waals surface area contributed by atoms with Crippen LogP contribution in [0.3, 0.4) is 0 Å². The number of allylic oxidation sites excluding steroid dienone is 2. The number of benzene rings is 1. The number of aromatic nitrogens is 5. The van der Waals surface area contributed by atoms with Gasteiger partial charge in [0.2, 0.25) is 11.9 Å². The van der Waals surface area contributed by atoms with Gasteiger partial charge in [-0.25, -0.2) is 19.3 Å². The molecule has 0 radical (unpaired) electrons. The minimum atomic E-state index is -0.196. The number of carbonyl (C=O) groups is 1. The van der Waals surface area contributed by atoms with Crippen molar-refractivity contribution in [1.82, 2.24) is 29.2 Å². The Balaban J connectivity index is 1.37. The van der Waals surface area contributed by atoms with Gasteiger partial charge in [-0.05, 0) is 62.7 Å². The van der Waals surface area contributed by atoms with Gasteiger partial charge in [0.1, 0.15) is 11.2 Å². The van der Waals surface area contributed by atoms with Crippen LogP contribution in [0.4, 0.5) is 23.1 Å². The lowest BCUT2D eigenvalue weighted by Crippen LogP contribution is -2.44. The molecule has 1 amide bonds. The number of hydrogen-bond donors (Lipinski definition) is 1. The summed E-state index contributed by atoms with van der Waals surface area (Å²) in [5, 5.41) is 3.69. The summed E-state index contributed by atoms with van der Waals surface area (Å²) in [4.78, 5) is 46.4. The Labute approximate surface area is 238 Å². The zero-order chi connectivity index (χ0) is 28.3. The maximum atomic E-state index is 13.5. The lowest BCUT2D eigenvalue weighted by atomic mass is 10.2. The molecule has 1 fully saturated rings. The number of nitrogens with one attached hydrogen (secondary N) is 1. The molecule has 6 rings (SSSR count). The smallest absolute Gasteiger partial charge is 0.278 e. The van der Waals surface area contributed by atoms with Crippen LogP contribution in [0.5, 0.6) is 0 Å². The van der Waals surface area contributed by atoms with Gasteiger partial charge in [-0.15, -0.1) is 0 Å². The quantitative estimate of drug-likeness (QED) is 0.384. The third-order valence-corrected chi connectivity index (χ3v) is 7.71. The maximum absolute atomic E-state index is 13.5. The summed E-state index contributed by atoms with van der Waals surface area (Å²) in [5.74, 6) is 1.37. The first-order valence-electron chi connectivity index (χ1n) is 14.2. The number of hydrogen-bond acceptors (Lipinski definition) is 8. The highest BCUT2D eigenvalue weighted by Crippen LogP contribution is 2.23. The molecule has 0 atom stereocenters. The number of piperazine rings is 1. The lowest BCUT2D eigenvalue weighted by molar-refractivity contribution is -0.116. The summed E-state index contributed by atoms with van der Waals surface area (Å²) in [6, 6.07) is 13.8. The fourth-order valence-corrected chi connectivity index (χ4v) is 5.37. The van der Waals surface area contributed by atoms with Crippen LogP contribution in [0.2, 0.25) is 0 Å². The average Bonchev–Trinajstić information content (AvgIpc) is 3.25. The van der Waals surface area contributed by atoms with E-state index in [1.165, 1.54) is 5.69 Å². The summed E-state index contributed by atoms with van der Waals surface area (Å²) < 4.78 is 3.34. The van der Waals surface area contributed by atoms with Crippen molar-refractivity contribution in [2.75, 3.05) is 54.9 Å². The maximum Gasteiger partial charge on any atom is 0.278 e. The number of rotatable bonds is 3. The number of likely N-dealkylation sites (N-methyl/N-ethyl adjacent to an activating group) is 1. The van der Waals surface area contributed by atoms with E-state index in [0.717, 1.165) is 51.1 Å². The first kappa shape index (κ1) is 26.7. The molecule has 0 unspecified atom stereocenters. The molecular formula is C30H35N9O2. The third kappa shape index (κ3) is 5.58. The van der Waals surface area contributed by atoms with E-state index in [-0.39, 0.29) is 11.5 Å². The molecular weight excluding hydrogens is 518 g/mol. The average molecular weight is 554 g/mol. The van der Waals surface area contributed by atoms with Crippen molar-refractivity contribution in [1.29, 1.82) is 0 Å². The summed E-state index contributed by atoms with van der Waals surface area (Å²) >= 11 is 0. The van der Waals surface area contributed by atoms with E-state index in [4.69, 9.17) is 9.97 Å². The molecule has 0 aliphatic carbocycles. The predicted molar refractivity (Wildman–Crippen MR) is 161 cm³/mol. The van der Waals surface area contributed by atoms with Gasteiger partial charge in [-0.1, -0.05) is 18.2 Å². The molecule has 1 aromatic carbocycles. The number of fused-ring (bicyclic) bond motifs is 6. The van der Waals surface area contributed by atoms with Crippen LogP contribution in [0.25, 0.3) is 16.9 Å². The largest absolute Gasteiger partial charge is 0.369 e. The Morgan fingerprint density at radius 2 is 1.68 bits per heavy atom. The molecule has 212 valence electrons. The Hall–Kier alpha value is -4.51. The van der Waals surface area contributed by atoms with E-state index in [1.807, 2.05) is 36.4 Å². The molecule has 4 aromatic rings. The lowest BCUT2D eigenvalue weighted by Gasteiger charge is -2.34. The second-order valence-electron chi connectivity index (χ2n) is 10.6. The predicted octanol–water partition coefficient (Wildman–Crippen LogP) is 3.57. The Bertz CT molecular complexity index is 1630. The molecule has 0 spiro atoms. The number of carbonyl (C=O) groups excluding carboxylic acids is 1. The topological polar surface area (TPSA) is 104 Å². The van der Waals surface area contributed by atoms with Crippen molar-refractivity contribution >= 4 is 40.1 Å². The first-order chi connectivity index (χ1) is 20.0. The number of amides is 1. The SMILES string of the molecule is CC(=O)N1CCCC/C=C/Cn2c(=O)c3cnc(Nc4ccc(N5CCN(C)CC5)cc4)nc3n2-c2cccc1n2. The molecule has 41 heavy (non-hydrogen) atoms. The summed E-state index contributed by atoms with van der Waals surface area (Å²) in [7, 11) is 2.15. The molecule has 1 saturated heterocycles. The van der Waals surface area contributed by atoms with Crippen LogP contribution in [0.1, 0.15) is 26.2 Å². The summed E-state index contributed by atoms with van der Waals surface area (Å²) in [6.45, 7) is 6.62. The van der Waals surface area contributed by atoms with Crippen molar-refractivity contribution in [3.8, 4) is 5.82 Å². The third-order valence-electron chi connectivity index (χ3n) is 7.71. The van der Waals surface area contributed by atoms with E-state index < -0.39 is 0 Å². The standard InChI is InChI=1S/C30H35N9O2/c1-22(40)37-15-6-4-3-5-7-16-38-29(41)25-21-31-30(34-28(25)39(38)27-10-8-9-26(37)33-27)32-23-11-13-24(14-12-23)36-19-17-35(2)18-20-36/h5,7-14,21H,3-4,6,15-20H2,1-2H3,(H,31,32,34)/b7-5+. The molecule has 2 bridgehead atoms. The van der Waals surface area contributed by atoms with Crippen LogP contribution >= 0.6 is 0 Å². The molecule has 2 aliphatic rings. The van der Waals surface area contributed by atoms with Crippen LogP contribution in [0.15, 0.2) is 65.6 Å². The zero-order valence-corrected chi connectivity index (χ0v) is 23.5. The van der Waals surface area contributed by atoms with Crippen LogP contribution < -0.4 is 20.7 Å². The number of pyridine rings is 1. The van der Waals surface area contributed by atoms with Crippen molar-refractivity contribution < 1.29 is 4.79 Å². The van der Waals surface area contributed by atoms with E-state index in [0.29, 0.717) is 41.7 Å². The number of anilines is 4. The highest BCUT2D eigenvalue weighted by molar-refractivity contribution is 5.90. The van der Waals surface area contributed by atoms with Gasteiger partial charge in [-0.3, -0.25) is 14.5 Å². The second kappa shape index (κ2) is 11.5. The van der Waals surface area contributed by atoms with Gasteiger partial charge in [0.05, 0.1) is 6.54 Å². The van der Waals surface area contributed by atoms with Crippen LogP contribution in [0, 0.1) is 0 Å². The minimum Gasteiger partial charge on any atom is -0.369 e. The van der Waals surface area contributed by atoms with Gasteiger partial charge in [-0.2, -0.15) is 4.98 Å². The van der Waals surface area contributed by atoms with Crippen LogP contribution in [-0.4, -0.2) is 74.9 Å². The molecule has 0 saturated carbocycles. The first-order valence-corrected chi connectivity index (χ1v) is 14.2. The molecule has 11 nitrogen and oxygen atoms in total. The summed E-state index contributed by atoms with van der Waals surface area (Å²) in [6.07, 6.45) is 8.32. The van der Waals surface area contributed by atoms with Gasteiger partial charge in [0.15, 0.2) is 11.5 Å². The molecule has 11 heteroatoms. The summed E-state index contributed by atoms with van der Waals surface area (Å²) in [5.41, 5.74) is 2.30. The molecule has 1 N–H and O–H groups in total. The van der Waals surface area contributed by atoms with Crippen molar-refractivity contribution in [3.63, 3.8) is 0 Å². The molecule has 3 aromatic heterocycles. The van der Waals surface area contributed by atoms with Gasteiger partial charge < -0.3 is 15.1 Å². The molecule has 2 aliphatic heterocycles. The normalized spacial score (nSPS) is 17.3. The zero-order valence-electron chi connectivity index (χ0n) is 23.5. The monoisotopic (exact) mass is 553 g/mol. The van der Waals surface area contributed by atoms with Gasteiger partial charge in [0, 0.05) is 57.2 Å². The molecule has 5 heterocycles. The Morgan fingerprint density at radius 1 is 0.902 bits per heavy atom. The van der Waals surface area contributed by atoms with E-state index in [9.17, 15) is 9.59 Å². The van der Waals surface area contributed by atoms with Gasteiger partial charge >= 0.3 is 0 Å². The highest BCUT2D eigenvalue weighted by Gasteiger charge is 2.20. The fraction of sp³-hybridized carbons (Fsp3) is 0.367. The van der Waals surface area contributed by atoms with Crippen molar-refractivity contribution in [3.05, 3.63) is 71.2 Å². The van der Waals surface area contributed by atoms with Crippen molar-refractivity contribution in [2.24, 2.45) is 0 Å². The second-order valence-corrected chi connectivity index (χ2v) is 10.6. The van der Waals surface area contributed by atoms with Crippen LogP contribution in [-0.2, 0) is 11.3 Å². The van der Waals surface area contributed by atoms with E-state index >= 15 is 0 Å². The van der Waals surface area contributed by atoms with Gasteiger partial charge in [0.25, 0.3) is 5.56 Å². The van der Waals surface area contributed by atoms with Crippen molar-refractivity contribution in [2.45, 2.75) is 32.7 Å². The van der Waals surface area contributed by atoms with E-state index in [2.05, 4.69) is 45.4 Å². The number of nitrogens with zero attached hydrogens (tertiary/aromatic N) is 8.